The first kappa shape index (κ1) is 12.7. The fourth-order valence-corrected chi connectivity index (χ4v) is 1.97. The van der Waals surface area contributed by atoms with Gasteiger partial charge < -0.3 is 10.0 Å². The molecule has 15 heavy (non-hydrogen) atoms. The molecule has 1 N–H and O–H groups in total. The predicted molar refractivity (Wildman–Crippen MR) is 67.0 cm³/mol. The normalized spacial score (nSPS) is 13.2. The van der Waals surface area contributed by atoms with Crippen LogP contribution in [0.3, 0.4) is 0 Å². The molecular weight excluding hydrogens is 254 g/mol. The number of benzene rings is 1. The largest absolute Gasteiger partial charge is 0.396 e. The quantitative estimate of drug-likeness (QED) is 0.911. The summed E-state index contributed by atoms with van der Waals surface area (Å²) in [6.07, 6.45) is 0.772. The van der Waals surface area contributed by atoms with Crippen molar-refractivity contribution in [2.75, 3.05) is 20.7 Å². The van der Waals surface area contributed by atoms with Gasteiger partial charge in [-0.15, -0.1) is 0 Å². The van der Waals surface area contributed by atoms with Gasteiger partial charge in [0.1, 0.15) is 0 Å². The molecule has 1 aromatic rings. The van der Waals surface area contributed by atoms with Crippen molar-refractivity contribution < 1.29 is 5.11 Å². The van der Waals surface area contributed by atoms with E-state index in [1.165, 1.54) is 11.1 Å². The van der Waals surface area contributed by atoms with Crippen LogP contribution in [-0.2, 0) is 0 Å². The number of rotatable bonds is 4. The van der Waals surface area contributed by atoms with Gasteiger partial charge in [0, 0.05) is 17.1 Å². The summed E-state index contributed by atoms with van der Waals surface area (Å²) < 4.78 is 1.13. The molecule has 84 valence electrons. The van der Waals surface area contributed by atoms with E-state index in [0.717, 1.165) is 10.9 Å². The molecule has 0 bridgehead atoms. The Labute approximate surface area is 100 Å². The number of aryl methyl sites for hydroxylation is 1. The van der Waals surface area contributed by atoms with E-state index in [4.69, 9.17) is 5.11 Å². The highest BCUT2D eigenvalue weighted by atomic mass is 79.9. The Morgan fingerprint density at radius 3 is 2.53 bits per heavy atom. The van der Waals surface area contributed by atoms with Crippen LogP contribution in [0, 0.1) is 6.92 Å². The van der Waals surface area contributed by atoms with Gasteiger partial charge in [0.2, 0.25) is 0 Å². The Bertz CT molecular complexity index is 325. The van der Waals surface area contributed by atoms with Crippen molar-refractivity contribution in [1.82, 2.24) is 4.90 Å². The van der Waals surface area contributed by atoms with Gasteiger partial charge in [-0.25, -0.2) is 0 Å². The van der Waals surface area contributed by atoms with Gasteiger partial charge in [-0.2, -0.15) is 0 Å². The molecule has 0 amide bonds. The third-order valence-corrected chi connectivity index (χ3v) is 3.48. The molecule has 0 aromatic heterocycles. The number of aliphatic hydroxyl groups is 1. The SMILES string of the molecule is Cc1cc(C(CCO)N(C)C)ccc1Br. The minimum atomic E-state index is 0.220. The Hall–Kier alpha value is -0.380. The summed E-state index contributed by atoms with van der Waals surface area (Å²) in [4.78, 5) is 2.14. The molecule has 1 rings (SSSR count). The summed E-state index contributed by atoms with van der Waals surface area (Å²) in [5, 5.41) is 9.03. The van der Waals surface area contributed by atoms with E-state index in [1.807, 2.05) is 14.1 Å². The summed E-state index contributed by atoms with van der Waals surface area (Å²) in [6, 6.07) is 6.64. The molecule has 0 fully saturated rings. The second kappa shape index (κ2) is 5.64. The minimum absolute atomic E-state index is 0.220. The number of aliphatic hydroxyl groups excluding tert-OH is 1. The highest BCUT2D eigenvalue weighted by Gasteiger charge is 2.13. The van der Waals surface area contributed by atoms with Crippen LogP contribution in [0.5, 0.6) is 0 Å². The smallest absolute Gasteiger partial charge is 0.0449 e. The van der Waals surface area contributed by atoms with Crippen LogP contribution in [0.4, 0.5) is 0 Å². The molecule has 0 aliphatic rings. The van der Waals surface area contributed by atoms with Crippen LogP contribution in [0.1, 0.15) is 23.6 Å². The van der Waals surface area contributed by atoms with E-state index in [-0.39, 0.29) is 6.61 Å². The number of hydrogen-bond donors (Lipinski definition) is 1. The first-order valence-electron chi connectivity index (χ1n) is 5.09. The van der Waals surface area contributed by atoms with Gasteiger partial charge in [-0.1, -0.05) is 28.1 Å². The highest BCUT2D eigenvalue weighted by Crippen LogP contribution is 2.25. The van der Waals surface area contributed by atoms with Gasteiger partial charge in [-0.05, 0) is 44.6 Å². The topological polar surface area (TPSA) is 23.5 Å². The molecule has 0 saturated carbocycles. The van der Waals surface area contributed by atoms with Crippen molar-refractivity contribution >= 4 is 15.9 Å². The summed E-state index contributed by atoms with van der Waals surface area (Å²) in [7, 11) is 4.08. The number of halogens is 1. The summed E-state index contributed by atoms with van der Waals surface area (Å²) in [5.41, 5.74) is 2.49. The van der Waals surface area contributed by atoms with Crippen molar-refractivity contribution in [2.24, 2.45) is 0 Å². The van der Waals surface area contributed by atoms with Crippen molar-refractivity contribution in [2.45, 2.75) is 19.4 Å². The molecule has 0 spiro atoms. The predicted octanol–water partition coefficient (Wildman–Crippen LogP) is 2.74. The average molecular weight is 272 g/mol. The lowest BCUT2D eigenvalue weighted by atomic mass is 10.0. The van der Waals surface area contributed by atoms with E-state index >= 15 is 0 Å². The fourth-order valence-electron chi connectivity index (χ4n) is 1.72. The third-order valence-electron chi connectivity index (χ3n) is 2.59. The molecule has 2 nitrogen and oxygen atoms in total. The lowest BCUT2D eigenvalue weighted by Crippen LogP contribution is -2.21. The molecule has 0 radical (unpaired) electrons. The van der Waals surface area contributed by atoms with Crippen LogP contribution in [0.15, 0.2) is 22.7 Å². The van der Waals surface area contributed by atoms with Gasteiger partial charge >= 0.3 is 0 Å². The zero-order chi connectivity index (χ0) is 11.4. The Kier molecular flexibility index (Phi) is 4.77. The lowest BCUT2D eigenvalue weighted by Gasteiger charge is -2.24. The van der Waals surface area contributed by atoms with E-state index in [0.29, 0.717) is 6.04 Å². The molecule has 0 saturated heterocycles. The molecule has 1 unspecified atom stereocenters. The molecule has 0 aliphatic carbocycles. The summed E-state index contributed by atoms with van der Waals surface area (Å²) in [5.74, 6) is 0. The lowest BCUT2D eigenvalue weighted by molar-refractivity contribution is 0.211. The Morgan fingerprint density at radius 1 is 1.40 bits per heavy atom. The van der Waals surface area contributed by atoms with Crippen LogP contribution < -0.4 is 0 Å². The van der Waals surface area contributed by atoms with Crippen molar-refractivity contribution in [3.63, 3.8) is 0 Å². The fraction of sp³-hybridized carbons (Fsp3) is 0.500. The zero-order valence-electron chi connectivity index (χ0n) is 9.50. The van der Waals surface area contributed by atoms with Crippen molar-refractivity contribution in [3.05, 3.63) is 33.8 Å². The van der Waals surface area contributed by atoms with Gasteiger partial charge in [0.15, 0.2) is 0 Å². The molecule has 1 aromatic carbocycles. The minimum Gasteiger partial charge on any atom is -0.396 e. The second-order valence-electron chi connectivity index (χ2n) is 4.00. The molecule has 3 heteroatoms. The van der Waals surface area contributed by atoms with Crippen molar-refractivity contribution in [3.8, 4) is 0 Å². The van der Waals surface area contributed by atoms with Crippen LogP contribution in [0.25, 0.3) is 0 Å². The number of nitrogens with zero attached hydrogens (tertiary/aromatic N) is 1. The molecule has 1 atom stereocenters. The highest BCUT2D eigenvalue weighted by molar-refractivity contribution is 9.10. The van der Waals surface area contributed by atoms with E-state index in [2.05, 4.69) is 46.0 Å². The summed E-state index contributed by atoms with van der Waals surface area (Å²) >= 11 is 3.49. The summed E-state index contributed by atoms with van der Waals surface area (Å²) in [6.45, 7) is 2.30. The van der Waals surface area contributed by atoms with E-state index in [1.54, 1.807) is 0 Å². The third kappa shape index (κ3) is 3.30. The monoisotopic (exact) mass is 271 g/mol. The maximum Gasteiger partial charge on any atom is 0.0449 e. The first-order valence-corrected chi connectivity index (χ1v) is 5.89. The van der Waals surface area contributed by atoms with Crippen molar-refractivity contribution in [1.29, 1.82) is 0 Å². The zero-order valence-corrected chi connectivity index (χ0v) is 11.1. The second-order valence-corrected chi connectivity index (χ2v) is 4.85. The van der Waals surface area contributed by atoms with E-state index in [9.17, 15) is 0 Å². The molecular formula is C12H18BrNO. The van der Waals surface area contributed by atoms with Crippen LogP contribution >= 0.6 is 15.9 Å². The number of hydrogen-bond acceptors (Lipinski definition) is 2. The average Bonchev–Trinajstić information content (AvgIpc) is 2.18. The van der Waals surface area contributed by atoms with Gasteiger partial charge in [0.05, 0.1) is 0 Å². The standard InChI is InChI=1S/C12H18BrNO/c1-9-8-10(4-5-11(9)13)12(6-7-15)14(2)3/h4-5,8,12,15H,6-7H2,1-3H3. The van der Waals surface area contributed by atoms with Crippen LogP contribution in [-0.4, -0.2) is 30.7 Å². The van der Waals surface area contributed by atoms with Crippen LogP contribution in [0.2, 0.25) is 0 Å². The maximum atomic E-state index is 9.03. The van der Waals surface area contributed by atoms with E-state index < -0.39 is 0 Å². The van der Waals surface area contributed by atoms with Gasteiger partial charge in [0.25, 0.3) is 0 Å². The first-order chi connectivity index (χ1) is 7.06. The molecule has 0 aliphatic heterocycles. The maximum absolute atomic E-state index is 9.03. The van der Waals surface area contributed by atoms with Gasteiger partial charge in [-0.3, -0.25) is 0 Å². The Balaban J connectivity index is 2.95. The molecule has 0 heterocycles. The Morgan fingerprint density at radius 2 is 2.07 bits per heavy atom.